The van der Waals surface area contributed by atoms with Crippen LogP contribution >= 0.6 is 11.3 Å². The lowest BCUT2D eigenvalue weighted by atomic mass is 9.96. The van der Waals surface area contributed by atoms with Crippen molar-refractivity contribution < 1.29 is 4.79 Å². The average Bonchev–Trinajstić information content (AvgIpc) is 2.75. The summed E-state index contributed by atoms with van der Waals surface area (Å²) in [4.78, 5) is 16.1. The normalized spacial score (nSPS) is 11.5. The molecule has 0 saturated carbocycles. The Bertz CT molecular complexity index is 538. The molecular formula is C14H19N3OS. The van der Waals surface area contributed by atoms with Crippen LogP contribution < -0.4 is 10.6 Å². The van der Waals surface area contributed by atoms with Gasteiger partial charge >= 0.3 is 0 Å². The lowest BCUT2D eigenvalue weighted by molar-refractivity contribution is -0.128. The van der Waals surface area contributed by atoms with E-state index in [-0.39, 0.29) is 11.3 Å². The number of hydrogen-bond donors (Lipinski definition) is 2. The molecule has 0 saturated heterocycles. The van der Waals surface area contributed by atoms with Crippen molar-refractivity contribution in [1.29, 1.82) is 0 Å². The zero-order valence-electron chi connectivity index (χ0n) is 11.5. The van der Waals surface area contributed by atoms with Crippen LogP contribution in [-0.2, 0) is 4.79 Å². The number of amides is 1. The third-order valence-electron chi connectivity index (χ3n) is 2.66. The number of thiazole rings is 1. The van der Waals surface area contributed by atoms with Gasteiger partial charge in [-0.2, -0.15) is 0 Å². The molecule has 0 bridgehead atoms. The van der Waals surface area contributed by atoms with Gasteiger partial charge in [-0.1, -0.05) is 44.2 Å². The van der Waals surface area contributed by atoms with Crippen LogP contribution in [0, 0.1) is 5.41 Å². The molecule has 1 amide bonds. The number of carbonyl (C=O) groups is 1. The second-order valence-electron chi connectivity index (χ2n) is 5.42. The van der Waals surface area contributed by atoms with Gasteiger partial charge in [0.1, 0.15) is 0 Å². The van der Waals surface area contributed by atoms with Crippen molar-refractivity contribution in [3.8, 4) is 0 Å². The molecule has 1 heterocycles. The molecule has 19 heavy (non-hydrogen) atoms. The summed E-state index contributed by atoms with van der Waals surface area (Å²) >= 11 is 1.63. The second-order valence-corrected chi connectivity index (χ2v) is 6.45. The Morgan fingerprint density at radius 3 is 2.68 bits per heavy atom. The monoisotopic (exact) mass is 277 g/mol. The van der Waals surface area contributed by atoms with Crippen LogP contribution in [0.15, 0.2) is 24.3 Å². The second kappa shape index (κ2) is 5.57. The Morgan fingerprint density at radius 2 is 2.00 bits per heavy atom. The number of fused-ring (bicyclic) bond motifs is 1. The van der Waals surface area contributed by atoms with Gasteiger partial charge in [-0.25, -0.2) is 4.98 Å². The maximum absolute atomic E-state index is 11.7. The summed E-state index contributed by atoms with van der Waals surface area (Å²) in [7, 11) is 0. The van der Waals surface area contributed by atoms with E-state index in [1.54, 1.807) is 11.3 Å². The quantitative estimate of drug-likeness (QED) is 0.845. The van der Waals surface area contributed by atoms with E-state index in [1.165, 1.54) is 4.70 Å². The molecule has 2 aromatic rings. The minimum absolute atomic E-state index is 0.0681. The molecule has 0 fully saturated rings. The molecule has 0 aliphatic heterocycles. The molecule has 1 aromatic heterocycles. The van der Waals surface area contributed by atoms with Crippen molar-refractivity contribution >= 4 is 32.6 Å². The molecule has 0 radical (unpaired) electrons. The number of rotatable bonds is 4. The average molecular weight is 277 g/mol. The number of anilines is 1. The Kier molecular flexibility index (Phi) is 4.04. The maximum Gasteiger partial charge on any atom is 0.225 e. The third-order valence-corrected chi connectivity index (χ3v) is 3.66. The lowest BCUT2D eigenvalue weighted by Gasteiger charge is -2.17. The standard InChI is InChI=1S/C14H19N3OS/c1-14(2,3)12(18)15-8-9-16-13-17-10-6-4-5-7-11(10)19-13/h4-7H,8-9H2,1-3H3,(H,15,18)(H,16,17). The summed E-state index contributed by atoms with van der Waals surface area (Å²) in [6.45, 7) is 7.00. The highest BCUT2D eigenvalue weighted by atomic mass is 32.1. The minimum atomic E-state index is -0.337. The number of nitrogens with one attached hydrogen (secondary N) is 2. The summed E-state index contributed by atoms with van der Waals surface area (Å²) in [6, 6.07) is 8.04. The van der Waals surface area contributed by atoms with Gasteiger partial charge in [0.05, 0.1) is 10.2 Å². The van der Waals surface area contributed by atoms with Crippen molar-refractivity contribution in [2.24, 2.45) is 5.41 Å². The van der Waals surface area contributed by atoms with Crippen molar-refractivity contribution in [1.82, 2.24) is 10.3 Å². The molecular weight excluding hydrogens is 258 g/mol. The van der Waals surface area contributed by atoms with Crippen LogP contribution in [0.2, 0.25) is 0 Å². The highest BCUT2D eigenvalue weighted by Crippen LogP contribution is 2.24. The smallest absolute Gasteiger partial charge is 0.225 e. The van der Waals surface area contributed by atoms with Gasteiger partial charge in [0.15, 0.2) is 5.13 Å². The predicted octanol–water partition coefficient (Wildman–Crippen LogP) is 2.87. The fraction of sp³-hybridized carbons (Fsp3) is 0.429. The van der Waals surface area contributed by atoms with Crippen LogP contribution in [0.5, 0.6) is 0 Å². The molecule has 5 heteroatoms. The molecule has 1 aromatic carbocycles. The van der Waals surface area contributed by atoms with Crippen LogP contribution in [0.3, 0.4) is 0 Å². The summed E-state index contributed by atoms with van der Waals surface area (Å²) in [6.07, 6.45) is 0. The van der Waals surface area contributed by atoms with Crippen molar-refractivity contribution in [2.45, 2.75) is 20.8 Å². The van der Waals surface area contributed by atoms with E-state index < -0.39 is 0 Å². The summed E-state index contributed by atoms with van der Waals surface area (Å²) in [5, 5.41) is 7.03. The number of carbonyl (C=O) groups excluding carboxylic acids is 1. The first-order valence-corrected chi connectivity index (χ1v) is 7.16. The third kappa shape index (κ3) is 3.67. The van der Waals surface area contributed by atoms with E-state index in [1.807, 2.05) is 39.0 Å². The van der Waals surface area contributed by atoms with E-state index in [2.05, 4.69) is 21.7 Å². The fourth-order valence-electron chi connectivity index (χ4n) is 1.56. The molecule has 2 N–H and O–H groups in total. The number of para-hydroxylation sites is 1. The highest BCUT2D eigenvalue weighted by molar-refractivity contribution is 7.22. The van der Waals surface area contributed by atoms with Crippen molar-refractivity contribution in [3.05, 3.63) is 24.3 Å². The summed E-state index contributed by atoms with van der Waals surface area (Å²) < 4.78 is 1.17. The van der Waals surface area contributed by atoms with Crippen LogP contribution in [-0.4, -0.2) is 24.0 Å². The minimum Gasteiger partial charge on any atom is -0.360 e. The van der Waals surface area contributed by atoms with E-state index >= 15 is 0 Å². The molecule has 2 rings (SSSR count). The van der Waals surface area contributed by atoms with Crippen LogP contribution in [0.4, 0.5) is 5.13 Å². The number of nitrogens with zero attached hydrogens (tertiary/aromatic N) is 1. The van der Waals surface area contributed by atoms with E-state index in [0.717, 1.165) is 10.6 Å². The van der Waals surface area contributed by atoms with E-state index in [0.29, 0.717) is 13.1 Å². The van der Waals surface area contributed by atoms with Crippen molar-refractivity contribution in [3.63, 3.8) is 0 Å². The maximum atomic E-state index is 11.7. The van der Waals surface area contributed by atoms with Crippen LogP contribution in [0.25, 0.3) is 10.2 Å². The highest BCUT2D eigenvalue weighted by Gasteiger charge is 2.20. The van der Waals surface area contributed by atoms with Gasteiger partial charge in [-0.15, -0.1) is 0 Å². The molecule has 102 valence electrons. The predicted molar refractivity (Wildman–Crippen MR) is 80.6 cm³/mol. The van der Waals surface area contributed by atoms with Crippen molar-refractivity contribution in [2.75, 3.05) is 18.4 Å². The number of benzene rings is 1. The topological polar surface area (TPSA) is 54.0 Å². The first-order valence-electron chi connectivity index (χ1n) is 6.34. The molecule has 0 spiro atoms. The van der Waals surface area contributed by atoms with E-state index in [9.17, 15) is 4.79 Å². The molecule has 0 atom stereocenters. The van der Waals surface area contributed by atoms with E-state index in [4.69, 9.17) is 0 Å². The van der Waals surface area contributed by atoms with Gasteiger partial charge in [0, 0.05) is 18.5 Å². The Balaban J connectivity index is 1.81. The molecule has 0 aliphatic rings. The SMILES string of the molecule is CC(C)(C)C(=O)NCCNc1nc2ccccc2s1. The summed E-state index contributed by atoms with van der Waals surface area (Å²) in [5.74, 6) is 0.0681. The largest absolute Gasteiger partial charge is 0.360 e. The zero-order valence-corrected chi connectivity index (χ0v) is 12.3. The zero-order chi connectivity index (χ0) is 13.9. The van der Waals surface area contributed by atoms with Gasteiger partial charge in [0.2, 0.25) is 5.91 Å². The first-order chi connectivity index (χ1) is 8.97. The Morgan fingerprint density at radius 1 is 1.26 bits per heavy atom. The Labute approximate surface area is 117 Å². The van der Waals surface area contributed by atoms with Gasteiger partial charge in [-0.3, -0.25) is 4.79 Å². The number of aromatic nitrogens is 1. The Hall–Kier alpha value is -1.62. The molecule has 4 nitrogen and oxygen atoms in total. The summed E-state index contributed by atoms with van der Waals surface area (Å²) in [5.41, 5.74) is 0.671. The lowest BCUT2D eigenvalue weighted by Crippen LogP contribution is -2.37. The number of hydrogen-bond acceptors (Lipinski definition) is 4. The van der Waals surface area contributed by atoms with Crippen LogP contribution in [0.1, 0.15) is 20.8 Å². The van der Waals surface area contributed by atoms with Gasteiger partial charge in [-0.05, 0) is 12.1 Å². The van der Waals surface area contributed by atoms with Gasteiger partial charge < -0.3 is 10.6 Å². The fourth-order valence-corrected chi connectivity index (χ4v) is 2.45. The molecule has 0 aliphatic carbocycles. The first kappa shape index (κ1) is 13.8. The van der Waals surface area contributed by atoms with Gasteiger partial charge in [0.25, 0.3) is 0 Å². The molecule has 0 unspecified atom stereocenters.